The van der Waals surface area contributed by atoms with Crippen LogP contribution in [0.2, 0.25) is 0 Å². The molecule has 0 aliphatic carbocycles. The fourth-order valence-corrected chi connectivity index (χ4v) is 1.35. The van der Waals surface area contributed by atoms with Crippen LogP contribution in [-0.4, -0.2) is 31.9 Å². The van der Waals surface area contributed by atoms with Crippen LogP contribution in [0.3, 0.4) is 0 Å². The zero-order chi connectivity index (χ0) is 13.3. The van der Waals surface area contributed by atoms with Crippen molar-refractivity contribution < 1.29 is 8.78 Å². The van der Waals surface area contributed by atoms with E-state index in [0.717, 1.165) is 4.52 Å². The Bertz CT molecular complexity index is 545. The first-order valence-corrected chi connectivity index (χ1v) is 5.40. The average molecular weight is 256 g/mol. The summed E-state index contributed by atoms with van der Waals surface area (Å²) < 4.78 is 26.3. The Labute approximate surface area is 102 Å². The van der Waals surface area contributed by atoms with Crippen molar-refractivity contribution in [1.82, 2.24) is 19.8 Å². The average Bonchev–Trinajstić information content (AvgIpc) is 2.68. The quantitative estimate of drug-likeness (QED) is 0.859. The van der Waals surface area contributed by atoms with Gasteiger partial charge in [-0.15, -0.1) is 15.3 Å². The number of rotatable bonds is 4. The van der Waals surface area contributed by atoms with Crippen LogP contribution in [0.25, 0.3) is 5.65 Å². The fraction of sp³-hybridized carbons (Fsp3) is 0.500. The maximum atomic E-state index is 12.6. The summed E-state index contributed by atoms with van der Waals surface area (Å²) in [6, 6.07) is 3.21. The van der Waals surface area contributed by atoms with E-state index >= 15 is 0 Å². The Hall–Kier alpha value is -1.83. The van der Waals surface area contributed by atoms with Crippen molar-refractivity contribution in [2.75, 3.05) is 11.9 Å². The van der Waals surface area contributed by atoms with Crippen molar-refractivity contribution in [3.05, 3.63) is 18.0 Å². The summed E-state index contributed by atoms with van der Waals surface area (Å²) in [5, 5.41) is 14.0. The highest BCUT2D eigenvalue weighted by Gasteiger charge is 2.17. The summed E-state index contributed by atoms with van der Waals surface area (Å²) in [6.45, 7) is 4.17. The van der Waals surface area contributed by atoms with E-state index in [-0.39, 0.29) is 5.65 Å². The molecule has 0 spiro atoms. The van der Waals surface area contributed by atoms with Gasteiger partial charge in [0.25, 0.3) is 6.43 Å². The van der Waals surface area contributed by atoms with E-state index in [2.05, 4.69) is 20.6 Å². The van der Waals surface area contributed by atoms with E-state index in [0.29, 0.717) is 12.4 Å². The summed E-state index contributed by atoms with van der Waals surface area (Å²) in [4.78, 5) is 0. The second-order valence-electron chi connectivity index (χ2n) is 4.69. The van der Waals surface area contributed by atoms with Crippen LogP contribution in [0, 0.1) is 0 Å². The monoisotopic (exact) mass is 256 g/mol. The van der Waals surface area contributed by atoms with Crippen molar-refractivity contribution in [2.24, 2.45) is 5.73 Å². The topological polar surface area (TPSA) is 81.1 Å². The number of nitrogens with one attached hydrogen (secondary N) is 1. The molecule has 0 radical (unpaired) electrons. The summed E-state index contributed by atoms with van der Waals surface area (Å²) in [5.74, 6) is -0.0246. The minimum atomic E-state index is -2.71. The molecule has 2 rings (SSSR count). The highest BCUT2D eigenvalue weighted by atomic mass is 19.3. The van der Waals surface area contributed by atoms with Crippen LogP contribution in [0.4, 0.5) is 14.6 Å². The number of hydrogen-bond acceptors (Lipinski definition) is 5. The summed E-state index contributed by atoms with van der Waals surface area (Å²) >= 11 is 0. The van der Waals surface area contributed by atoms with E-state index in [9.17, 15) is 8.78 Å². The molecule has 2 aromatic heterocycles. The Morgan fingerprint density at radius 3 is 2.72 bits per heavy atom. The van der Waals surface area contributed by atoms with Gasteiger partial charge in [-0.1, -0.05) is 0 Å². The molecule has 0 aromatic carbocycles. The van der Waals surface area contributed by atoms with E-state index in [1.165, 1.54) is 0 Å². The second kappa shape index (κ2) is 4.45. The molecule has 0 unspecified atom stereocenters. The Balaban J connectivity index is 2.28. The van der Waals surface area contributed by atoms with Crippen molar-refractivity contribution >= 4 is 11.5 Å². The van der Waals surface area contributed by atoms with Gasteiger partial charge in [0.2, 0.25) is 5.82 Å². The first-order valence-electron chi connectivity index (χ1n) is 5.40. The van der Waals surface area contributed by atoms with Gasteiger partial charge < -0.3 is 11.1 Å². The molecule has 2 heterocycles. The molecular formula is C10H14F2N6. The Morgan fingerprint density at radius 2 is 2.11 bits per heavy atom. The van der Waals surface area contributed by atoms with E-state index < -0.39 is 17.8 Å². The van der Waals surface area contributed by atoms with E-state index in [1.54, 1.807) is 12.1 Å². The van der Waals surface area contributed by atoms with Crippen LogP contribution < -0.4 is 11.1 Å². The predicted molar refractivity (Wildman–Crippen MR) is 62.5 cm³/mol. The Kier molecular flexibility index (Phi) is 3.12. The zero-order valence-corrected chi connectivity index (χ0v) is 10.1. The molecule has 98 valence electrons. The number of nitrogens with two attached hydrogens (primary N) is 1. The number of hydrogen-bond donors (Lipinski definition) is 2. The molecule has 0 saturated carbocycles. The highest BCUT2D eigenvalue weighted by molar-refractivity contribution is 5.44. The van der Waals surface area contributed by atoms with E-state index in [4.69, 9.17) is 5.73 Å². The van der Waals surface area contributed by atoms with Crippen LogP contribution >= 0.6 is 0 Å². The molecule has 0 aliphatic heterocycles. The maximum absolute atomic E-state index is 12.6. The molecular weight excluding hydrogens is 242 g/mol. The number of aromatic nitrogens is 4. The van der Waals surface area contributed by atoms with E-state index in [1.807, 2.05) is 13.8 Å². The van der Waals surface area contributed by atoms with Gasteiger partial charge in [0.05, 0.1) is 0 Å². The number of alkyl halides is 2. The van der Waals surface area contributed by atoms with Gasteiger partial charge in [-0.05, 0) is 26.0 Å². The lowest BCUT2D eigenvalue weighted by Crippen LogP contribution is -2.39. The lowest BCUT2D eigenvalue weighted by atomic mass is 10.1. The number of halogens is 2. The minimum absolute atomic E-state index is 0.280. The summed E-state index contributed by atoms with van der Waals surface area (Å²) in [7, 11) is 0. The molecule has 0 amide bonds. The molecule has 0 fully saturated rings. The van der Waals surface area contributed by atoms with Crippen molar-refractivity contribution in [3.63, 3.8) is 0 Å². The Morgan fingerprint density at radius 1 is 1.39 bits per heavy atom. The largest absolute Gasteiger partial charge is 0.367 e. The van der Waals surface area contributed by atoms with Crippen LogP contribution in [-0.2, 0) is 0 Å². The third-order valence-electron chi connectivity index (χ3n) is 2.21. The number of anilines is 1. The third-order valence-corrected chi connectivity index (χ3v) is 2.21. The smallest absolute Gasteiger partial charge is 0.299 e. The molecule has 2 aromatic rings. The minimum Gasteiger partial charge on any atom is -0.367 e. The predicted octanol–water partition coefficient (Wildman–Crippen LogP) is 1.21. The van der Waals surface area contributed by atoms with Crippen LogP contribution in [0.5, 0.6) is 0 Å². The molecule has 8 heteroatoms. The van der Waals surface area contributed by atoms with Crippen molar-refractivity contribution in [1.29, 1.82) is 0 Å². The standard InChI is InChI=1S/C10H14F2N6/c1-10(2,13)5-14-6-3-4-7-15-16-9(8(11)12)18(7)17-6/h3-4,8H,5,13H2,1-2H3,(H,14,17). The van der Waals surface area contributed by atoms with Gasteiger partial charge in [0.1, 0.15) is 5.82 Å². The molecule has 0 atom stereocenters. The number of fused-ring (bicyclic) bond motifs is 1. The van der Waals surface area contributed by atoms with Gasteiger partial charge in [0, 0.05) is 12.1 Å². The first kappa shape index (κ1) is 12.6. The maximum Gasteiger partial charge on any atom is 0.299 e. The van der Waals surface area contributed by atoms with Crippen molar-refractivity contribution in [2.45, 2.75) is 25.8 Å². The third kappa shape index (κ3) is 2.70. The molecule has 0 saturated heterocycles. The summed E-state index contributed by atoms with van der Waals surface area (Å²) in [5.41, 5.74) is 5.67. The van der Waals surface area contributed by atoms with Crippen LogP contribution in [0.1, 0.15) is 26.1 Å². The molecule has 6 nitrogen and oxygen atoms in total. The van der Waals surface area contributed by atoms with Gasteiger partial charge in [-0.2, -0.15) is 4.52 Å². The lowest BCUT2D eigenvalue weighted by Gasteiger charge is -2.19. The van der Waals surface area contributed by atoms with Gasteiger partial charge in [-0.3, -0.25) is 0 Å². The fourth-order valence-electron chi connectivity index (χ4n) is 1.35. The highest BCUT2D eigenvalue weighted by Crippen LogP contribution is 2.17. The normalized spacial score (nSPS) is 12.3. The first-order chi connectivity index (χ1) is 8.37. The lowest BCUT2D eigenvalue weighted by molar-refractivity contribution is 0.137. The van der Waals surface area contributed by atoms with Gasteiger partial charge in [0.15, 0.2) is 5.65 Å². The SMILES string of the molecule is CC(C)(N)CNc1ccc2nnc(C(F)F)n2n1. The van der Waals surface area contributed by atoms with Gasteiger partial charge in [-0.25, -0.2) is 8.78 Å². The molecule has 0 aliphatic rings. The molecule has 3 N–H and O–H groups in total. The van der Waals surface area contributed by atoms with Crippen LogP contribution in [0.15, 0.2) is 12.1 Å². The zero-order valence-electron chi connectivity index (χ0n) is 10.1. The molecule has 0 bridgehead atoms. The van der Waals surface area contributed by atoms with Crippen molar-refractivity contribution in [3.8, 4) is 0 Å². The molecule has 18 heavy (non-hydrogen) atoms. The van der Waals surface area contributed by atoms with Gasteiger partial charge >= 0.3 is 0 Å². The second-order valence-corrected chi connectivity index (χ2v) is 4.69. The number of nitrogens with zero attached hydrogens (tertiary/aromatic N) is 4. The summed E-state index contributed by atoms with van der Waals surface area (Å²) in [6.07, 6.45) is -2.71.